The van der Waals surface area contributed by atoms with Crippen molar-refractivity contribution < 1.29 is 23.5 Å². The average molecular weight is 507 g/mol. The maximum atomic E-state index is 13.6. The van der Waals surface area contributed by atoms with Gasteiger partial charge in [-0.3, -0.25) is 14.5 Å². The summed E-state index contributed by atoms with van der Waals surface area (Å²) in [6.07, 6.45) is 1.64. The van der Waals surface area contributed by atoms with Gasteiger partial charge in [0.1, 0.15) is 5.82 Å². The van der Waals surface area contributed by atoms with Gasteiger partial charge in [0.05, 0.1) is 16.2 Å². The third kappa shape index (κ3) is 6.00. The summed E-state index contributed by atoms with van der Waals surface area (Å²) in [5, 5.41) is 2.66. The fraction of sp³-hybridized carbons (Fsp3) is 0.0769. The molecule has 0 aliphatic carbocycles. The fourth-order valence-electron chi connectivity index (χ4n) is 3.22. The number of nitrogens with one attached hydrogen (secondary N) is 1. The van der Waals surface area contributed by atoms with Crippen LogP contribution in [0.25, 0.3) is 6.08 Å². The highest BCUT2D eigenvalue weighted by Crippen LogP contribution is 2.36. The molecule has 0 radical (unpaired) electrons. The maximum Gasteiger partial charge on any atom is 0.338 e. The van der Waals surface area contributed by atoms with Crippen molar-refractivity contribution in [3.63, 3.8) is 0 Å². The van der Waals surface area contributed by atoms with Gasteiger partial charge < -0.3 is 10.1 Å². The van der Waals surface area contributed by atoms with Crippen LogP contribution in [0.15, 0.2) is 77.7 Å². The van der Waals surface area contributed by atoms with Gasteiger partial charge >= 0.3 is 5.97 Å². The molecule has 0 atom stereocenters. The molecule has 0 aromatic heterocycles. The highest BCUT2D eigenvalue weighted by molar-refractivity contribution is 8.27. The second kappa shape index (κ2) is 10.6. The number of halogens is 1. The van der Waals surface area contributed by atoms with E-state index in [1.165, 1.54) is 23.1 Å². The molecule has 1 aliphatic heterocycles. The van der Waals surface area contributed by atoms with Crippen LogP contribution in [-0.4, -0.2) is 28.7 Å². The first-order valence-corrected chi connectivity index (χ1v) is 11.7. The second-order valence-corrected chi connectivity index (χ2v) is 9.29. The van der Waals surface area contributed by atoms with Crippen LogP contribution in [0.4, 0.5) is 15.8 Å². The Morgan fingerprint density at radius 2 is 1.80 bits per heavy atom. The van der Waals surface area contributed by atoms with E-state index >= 15 is 0 Å². The van der Waals surface area contributed by atoms with Crippen LogP contribution in [-0.2, 0) is 14.3 Å². The number of anilines is 2. The second-order valence-electron chi connectivity index (χ2n) is 7.61. The Kier molecular flexibility index (Phi) is 7.38. The predicted octanol–water partition coefficient (Wildman–Crippen LogP) is 5.34. The molecule has 9 heteroatoms. The van der Waals surface area contributed by atoms with E-state index < -0.39 is 24.3 Å². The molecule has 3 aromatic rings. The number of carbonyl (C=O) groups is 3. The van der Waals surface area contributed by atoms with E-state index in [1.54, 1.807) is 48.5 Å². The number of nitrogens with zero attached hydrogens (tertiary/aromatic N) is 1. The zero-order valence-corrected chi connectivity index (χ0v) is 20.1. The molecular formula is C26H19FN2O4S2. The predicted molar refractivity (Wildman–Crippen MR) is 139 cm³/mol. The fourth-order valence-corrected chi connectivity index (χ4v) is 4.52. The first-order chi connectivity index (χ1) is 16.8. The lowest BCUT2D eigenvalue weighted by molar-refractivity contribution is -0.119. The number of rotatable bonds is 6. The quantitative estimate of drug-likeness (QED) is 0.277. The molecule has 0 spiro atoms. The number of amides is 2. The number of thioether (sulfide) groups is 1. The number of benzene rings is 3. The van der Waals surface area contributed by atoms with Crippen molar-refractivity contribution >= 4 is 63.5 Å². The minimum atomic E-state index is -0.645. The van der Waals surface area contributed by atoms with E-state index in [1.807, 2.05) is 19.1 Å². The lowest BCUT2D eigenvalue weighted by atomic mass is 10.1. The topological polar surface area (TPSA) is 75.7 Å². The molecule has 1 N–H and O–H groups in total. The Morgan fingerprint density at radius 3 is 2.49 bits per heavy atom. The third-order valence-electron chi connectivity index (χ3n) is 4.97. The molecule has 2 amide bonds. The van der Waals surface area contributed by atoms with Crippen LogP contribution in [0.3, 0.4) is 0 Å². The number of thiocarbonyl (C=S) groups is 1. The van der Waals surface area contributed by atoms with Gasteiger partial charge in [-0.05, 0) is 61.0 Å². The van der Waals surface area contributed by atoms with Gasteiger partial charge in [0.15, 0.2) is 10.9 Å². The van der Waals surface area contributed by atoms with Crippen molar-refractivity contribution in [3.05, 3.63) is 100 Å². The summed E-state index contributed by atoms with van der Waals surface area (Å²) in [6, 6.07) is 19.3. The molecule has 0 unspecified atom stereocenters. The molecule has 3 aromatic carbocycles. The van der Waals surface area contributed by atoms with E-state index in [2.05, 4.69) is 5.32 Å². The molecule has 6 nitrogen and oxygen atoms in total. The molecular weight excluding hydrogens is 487 g/mol. The monoisotopic (exact) mass is 506 g/mol. The molecule has 1 aliphatic rings. The zero-order valence-electron chi connectivity index (χ0n) is 18.5. The van der Waals surface area contributed by atoms with Gasteiger partial charge in [-0.15, -0.1) is 0 Å². The number of hydrogen-bond donors (Lipinski definition) is 1. The zero-order chi connectivity index (χ0) is 24.9. The van der Waals surface area contributed by atoms with E-state index in [0.29, 0.717) is 26.2 Å². The Hall–Kier alpha value is -3.82. The number of hydrogen-bond acceptors (Lipinski definition) is 6. The van der Waals surface area contributed by atoms with Crippen molar-refractivity contribution in [1.82, 2.24) is 0 Å². The van der Waals surface area contributed by atoms with Crippen LogP contribution in [0.5, 0.6) is 0 Å². The normalized spacial score (nSPS) is 14.3. The lowest BCUT2D eigenvalue weighted by Crippen LogP contribution is -2.27. The summed E-state index contributed by atoms with van der Waals surface area (Å²) in [4.78, 5) is 38.8. The SMILES string of the molecule is Cc1ccc(NC(=O)COC(=O)c2ccc(/C=C3/SC(=S)N(c4cccc(F)c4)C3=O)cc2)cc1. The number of ether oxygens (including phenoxy) is 1. The van der Waals surface area contributed by atoms with Crippen molar-refractivity contribution in [2.24, 2.45) is 0 Å². The van der Waals surface area contributed by atoms with Crippen LogP contribution >= 0.6 is 24.0 Å². The molecule has 0 saturated carbocycles. The van der Waals surface area contributed by atoms with Crippen LogP contribution in [0.1, 0.15) is 21.5 Å². The van der Waals surface area contributed by atoms with Crippen molar-refractivity contribution in [2.45, 2.75) is 6.92 Å². The lowest BCUT2D eigenvalue weighted by Gasteiger charge is -2.14. The van der Waals surface area contributed by atoms with Gasteiger partial charge in [-0.1, -0.05) is 59.9 Å². The number of aryl methyl sites for hydroxylation is 1. The molecule has 0 bridgehead atoms. The molecule has 1 fully saturated rings. The van der Waals surface area contributed by atoms with Crippen molar-refractivity contribution in [1.29, 1.82) is 0 Å². The highest BCUT2D eigenvalue weighted by Gasteiger charge is 2.33. The van der Waals surface area contributed by atoms with E-state index in [4.69, 9.17) is 17.0 Å². The maximum absolute atomic E-state index is 13.6. The summed E-state index contributed by atoms with van der Waals surface area (Å²) >= 11 is 6.41. The van der Waals surface area contributed by atoms with Gasteiger partial charge in [0.2, 0.25) is 0 Å². The summed E-state index contributed by atoms with van der Waals surface area (Å²) in [7, 11) is 0. The van der Waals surface area contributed by atoms with Gasteiger partial charge in [0, 0.05) is 5.69 Å². The highest BCUT2D eigenvalue weighted by atomic mass is 32.2. The Labute approximate surface area is 210 Å². The van der Waals surface area contributed by atoms with Crippen molar-refractivity contribution in [2.75, 3.05) is 16.8 Å². The Morgan fingerprint density at radius 1 is 1.09 bits per heavy atom. The molecule has 1 saturated heterocycles. The third-order valence-corrected chi connectivity index (χ3v) is 6.28. The Balaban J connectivity index is 1.36. The van der Waals surface area contributed by atoms with Gasteiger partial charge in [0.25, 0.3) is 11.8 Å². The first-order valence-electron chi connectivity index (χ1n) is 10.5. The first kappa shape index (κ1) is 24.3. The molecule has 176 valence electrons. The van der Waals surface area contributed by atoms with Crippen molar-refractivity contribution in [3.8, 4) is 0 Å². The van der Waals surface area contributed by atoms with E-state index in [9.17, 15) is 18.8 Å². The van der Waals surface area contributed by atoms with E-state index in [-0.39, 0.29) is 11.5 Å². The Bertz CT molecular complexity index is 1340. The van der Waals surface area contributed by atoms with E-state index in [0.717, 1.165) is 17.3 Å². The standard InChI is InChI=1S/C26H19FN2O4S2/c1-16-5-11-20(12-6-16)28-23(30)15-33-25(32)18-9-7-17(8-10-18)13-22-24(31)29(26(34)35-22)21-4-2-3-19(27)14-21/h2-14H,15H2,1H3,(H,28,30)/b22-13+. The smallest absolute Gasteiger partial charge is 0.338 e. The van der Waals surface area contributed by atoms with Gasteiger partial charge in [-0.25, -0.2) is 9.18 Å². The summed E-state index contributed by atoms with van der Waals surface area (Å²) < 4.78 is 19.0. The summed E-state index contributed by atoms with van der Waals surface area (Å²) in [6.45, 7) is 1.52. The average Bonchev–Trinajstić information content (AvgIpc) is 3.12. The van der Waals surface area contributed by atoms with Gasteiger partial charge in [-0.2, -0.15) is 0 Å². The minimum Gasteiger partial charge on any atom is -0.452 e. The minimum absolute atomic E-state index is 0.262. The molecule has 4 rings (SSSR count). The van der Waals surface area contributed by atoms with Crippen LogP contribution in [0, 0.1) is 12.7 Å². The number of esters is 1. The molecule has 35 heavy (non-hydrogen) atoms. The number of carbonyl (C=O) groups excluding carboxylic acids is 3. The van der Waals surface area contributed by atoms with Crippen LogP contribution < -0.4 is 10.2 Å². The molecule has 1 heterocycles. The summed E-state index contributed by atoms with van der Waals surface area (Å²) in [5.41, 5.74) is 2.97. The summed E-state index contributed by atoms with van der Waals surface area (Å²) in [5.74, 6) is -1.91. The van der Waals surface area contributed by atoms with Crippen LogP contribution in [0.2, 0.25) is 0 Å². The largest absolute Gasteiger partial charge is 0.452 e.